The molecule has 7 nitrogen and oxygen atoms in total. The Balaban J connectivity index is 1.61. The van der Waals surface area contributed by atoms with Crippen LogP contribution in [0, 0.1) is 17.2 Å². The van der Waals surface area contributed by atoms with Crippen LogP contribution in [0.25, 0.3) is 0 Å². The number of aromatic nitrogens is 3. The normalized spacial score (nSPS) is 24.1. The van der Waals surface area contributed by atoms with E-state index < -0.39 is 17.7 Å². The predicted octanol–water partition coefficient (Wildman–Crippen LogP) is 3.67. The number of alkyl halides is 3. The third-order valence-electron chi connectivity index (χ3n) is 6.17. The number of nitriles is 1. The van der Waals surface area contributed by atoms with E-state index in [0.717, 1.165) is 37.9 Å². The molecule has 2 atom stereocenters. The lowest BCUT2D eigenvalue weighted by atomic mass is 9.83. The van der Waals surface area contributed by atoms with Gasteiger partial charge in [0.05, 0.1) is 29.1 Å². The van der Waals surface area contributed by atoms with E-state index in [2.05, 4.69) is 25.6 Å². The maximum Gasteiger partial charge on any atom is 0.417 e. The zero-order valence-electron chi connectivity index (χ0n) is 16.9. The highest BCUT2D eigenvalue weighted by atomic mass is 19.4. The van der Waals surface area contributed by atoms with Gasteiger partial charge in [-0.3, -0.25) is 0 Å². The van der Waals surface area contributed by atoms with Crippen molar-refractivity contribution in [3.63, 3.8) is 0 Å². The standard InChI is InChI=1S/C21H23F3N6O/c1-11(12-2-4-15(31)5-3-12)29-20-28-8-13(7-25)18(30-20)17-10-27-19-16(17)6-14(9-26-19)21(22,23)24/h6,8-9,11-12,15,17,31H,2-5,10H2,1H3,(H,26,27)(H,28,29,30)/t11-,12?,15?,17?/m1/s1. The van der Waals surface area contributed by atoms with E-state index >= 15 is 0 Å². The molecule has 3 heterocycles. The SMILES string of the molecule is C[C@@H](Nc1ncc(C#N)c(C2CNc3ncc(C(F)(F)F)cc32)n1)C1CCC(O)CC1. The fourth-order valence-electron chi connectivity index (χ4n) is 4.34. The van der Waals surface area contributed by atoms with Crippen LogP contribution in [-0.2, 0) is 6.18 Å². The molecule has 1 unspecified atom stereocenters. The summed E-state index contributed by atoms with van der Waals surface area (Å²) in [5.41, 5.74) is 0.124. The average molecular weight is 432 g/mol. The van der Waals surface area contributed by atoms with Crippen molar-refractivity contribution in [2.24, 2.45) is 5.92 Å². The lowest BCUT2D eigenvalue weighted by molar-refractivity contribution is -0.137. The molecule has 1 aliphatic carbocycles. The summed E-state index contributed by atoms with van der Waals surface area (Å²) in [4.78, 5) is 12.7. The molecule has 2 aromatic rings. The number of pyridine rings is 1. The molecule has 1 saturated carbocycles. The third kappa shape index (κ3) is 4.42. The van der Waals surface area contributed by atoms with E-state index in [-0.39, 0.29) is 17.7 Å². The largest absolute Gasteiger partial charge is 0.417 e. The highest BCUT2D eigenvalue weighted by Crippen LogP contribution is 2.39. The Labute approximate surface area is 177 Å². The Morgan fingerprint density at radius 1 is 1.23 bits per heavy atom. The Kier molecular flexibility index (Phi) is 5.71. The Hall–Kier alpha value is -2.93. The molecule has 0 aromatic carbocycles. The maximum absolute atomic E-state index is 13.2. The molecule has 10 heteroatoms. The van der Waals surface area contributed by atoms with Crippen molar-refractivity contribution in [1.82, 2.24) is 15.0 Å². The second-order valence-electron chi connectivity index (χ2n) is 8.20. The molecule has 1 fully saturated rings. The number of aliphatic hydroxyl groups is 1. The van der Waals surface area contributed by atoms with Gasteiger partial charge in [0, 0.05) is 30.3 Å². The molecule has 0 saturated heterocycles. The molecule has 0 spiro atoms. The summed E-state index contributed by atoms with van der Waals surface area (Å²) in [5.74, 6) is 0.520. The van der Waals surface area contributed by atoms with Crippen LogP contribution in [0.4, 0.5) is 24.9 Å². The summed E-state index contributed by atoms with van der Waals surface area (Å²) >= 11 is 0. The Bertz CT molecular complexity index is 998. The minimum atomic E-state index is -4.51. The van der Waals surface area contributed by atoms with Gasteiger partial charge >= 0.3 is 6.18 Å². The zero-order chi connectivity index (χ0) is 22.2. The summed E-state index contributed by atoms with van der Waals surface area (Å²) in [5, 5.41) is 25.5. The third-order valence-corrected chi connectivity index (χ3v) is 6.17. The number of halogens is 3. The maximum atomic E-state index is 13.2. The van der Waals surface area contributed by atoms with Crippen LogP contribution in [0.2, 0.25) is 0 Å². The van der Waals surface area contributed by atoms with E-state index in [9.17, 15) is 23.5 Å². The number of hydrogen-bond acceptors (Lipinski definition) is 7. The van der Waals surface area contributed by atoms with Gasteiger partial charge in [-0.15, -0.1) is 0 Å². The highest BCUT2D eigenvalue weighted by molar-refractivity contribution is 5.58. The number of rotatable bonds is 4. The van der Waals surface area contributed by atoms with E-state index in [1.54, 1.807) is 0 Å². The van der Waals surface area contributed by atoms with Crippen molar-refractivity contribution >= 4 is 11.8 Å². The van der Waals surface area contributed by atoms with Gasteiger partial charge < -0.3 is 15.7 Å². The second-order valence-corrected chi connectivity index (χ2v) is 8.20. The first-order valence-corrected chi connectivity index (χ1v) is 10.3. The smallest absolute Gasteiger partial charge is 0.393 e. The number of nitrogens with zero attached hydrogens (tertiary/aromatic N) is 4. The molecular weight excluding hydrogens is 409 g/mol. The molecule has 4 rings (SSSR count). The van der Waals surface area contributed by atoms with E-state index in [0.29, 0.717) is 35.5 Å². The molecule has 31 heavy (non-hydrogen) atoms. The second kappa shape index (κ2) is 8.30. The van der Waals surface area contributed by atoms with Gasteiger partial charge in [0.2, 0.25) is 5.95 Å². The molecule has 2 aromatic heterocycles. The number of aliphatic hydroxyl groups excluding tert-OH is 1. The lowest BCUT2D eigenvalue weighted by Gasteiger charge is -2.30. The van der Waals surface area contributed by atoms with Crippen LogP contribution in [0.15, 0.2) is 18.5 Å². The molecule has 3 N–H and O–H groups in total. The van der Waals surface area contributed by atoms with Crippen LogP contribution in [0.3, 0.4) is 0 Å². The van der Waals surface area contributed by atoms with E-state index in [4.69, 9.17) is 0 Å². The number of fused-ring (bicyclic) bond motifs is 1. The fourth-order valence-corrected chi connectivity index (χ4v) is 4.34. The molecule has 2 aliphatic rings. The molecule has 0 bridgehead atoms. The van der Waals surface area contributed by atoms with Crippen LogP contribution < -0.4 is 10.6 Å². The van der Waals surface area contributed by atoms with Crippen molar-refractivity contribution in [2.75, 3.05) is 17.2 Å². The van der Waals surface area contributed by atoms with Crippen molar-refractivity contribution in [3.05, 3.63) is 40.8 Å². The summed E-state index contributed by atoms with van der Waals surface area (Å²) < 4.78 is 39.5. The number of nitrogens with one attached hydrogen (secondary N) is 2. The lowest BCUT2D eigenvalue weighted by Crippen LogP contribution is -2.31. The van der Waals surface area contributed by atoms with Crippen molar-refractivity contribution in [1.29, 1.82) is 5.26 Å². The van der Waals surface area contributed by atoms with Crippen molar-refractivity contribution in [3.8, 4) is 6.07 Å². The fraction of sp³-hybridized carbons (Fsp3) is 0.524. The Morgan fingerprint density at radius 3 is 2.65 bits per heavy atom. The summed E-state index contributed by atoms with van der Waals surface area (Å²) in [7, 11) is 0. The summed E-state index contributed by atoms with van der Waals surface area (Å²) in [6.07, 6.45) is 0.760. The van der Waals surface area contributed by atoms with Gasteiger partial charge in [0.25, 0.3) is 0 Å². The highest BCUT2D eigenvalue weighted by Gasteiger charge is 2.36. The quantitative estimate of drug-likeness (QED) is 0.677. The van der Waals surface area contributed by atoms with Gasteiger partial charge in [0.1, 0.15) is 11.9 Å². The first-order chi connectivity index (χ1) is 14.8. The van der Waals surface area contributed by atoms with Gasteiger partial charge in [-0.05, 0) is 44.6 Å². The topological polar surface area (TPSA) is 107 Å². The number of anilines is 2. The first-order valence-electron chi connectivity index (χ1n) is 10.3. The van der Waals surface area contributed by atoms with Crippen LogP contribution in [-0.4, -0.2) is 38.7 Å². The van der Waals surface area contributed by atoms with E-state index in [1.807, 2.05) is 13.0 Å². The zero-order valence-corrected chi connectivity index (χ0v) is 16.9. The number of hydrogen-bond donors (Lipinski definition) is 3. The molecule has 164 valence electrons. The van der Waals surface area contributed by atoms with Gasteiger partial charge in [-0.25, -0.2) is 15.0 Å². The Morgan fingerprint density at radius 2 is 1.97 bits per heavy atom. The van der Waals surface area contributed by atoms with Crippen molar-refractivity contribution in [2.45, 2.75) is 56.8 Å². The van der Waals surface area contributed by atoms with Crippen LogP contribution in [0.5, 0.6) is 0 Å². The molecule has 0 amide bonds. The van der Waals surface area contributed by atoms with Gasteiger partial charge in [0.15, 0.2) is 0 Å². The molecular formula is C21H23F3N6O. The van der Waals surface area contributed by atoms with Crippen molar-refractivity contribution < 1.29 is 18.3 Å². The van der Waals surface area contributed by atoms with E-state index in [1.165, 1.54) is 6.20 Å². The van der Waals surface area contributed by atoms with Gasteiger partial charge in [-0.1, -0.05) is 0 Å². The molecule has 0 radical (unpaired) electrons. The summed E-state index contributed by atoms with van der Waals surface area (Å²) in [6, 6.07) is 3.17. The van der Waals surface area contributed by atoms with Crippen LogP contribution in [0.1, 0.15) is 60.9 Å². The minimum Gasteiger partial charge on any atom is -0.393 e. The summed E-state index contributed by atoms with van der Waals surface area (Å²) in [6.45, 7) is 2.32. The molecule has 1 aliphatic heterocycles. The monoisotopic (exact) mass is 432 g/mol. The van der Waals surface area contributed by atoms with Gasteiger partial charge in [-0.2, -0.15) is 18.4 Å². The average Bonchev–Trinajstić information content (AvgIpc) is 3.16. The first kappa shape index (κ1) is 21.3. The predicted molar refractivity (Wildman–Crippen MR) is 107 cm³/mol. The van der Waals surface area contributed by atoms with Crippen LogP contribution >= 0.6 is 0 Å². The minimum absolute atomic E-state index is 0.0563.